The molecular formula is C13H18N4. The number of para-hydroxylation sites is 1. The Bertz CT molecular complexity index is 531. The fraction of sp³-hybridized carbons (Fsp3) is 0.538. The van der Waals surface area contributed by atoms with E-state index in [-0.39, 0.29) is 0 Å². The molecule has 90 valence electrons. The van der Waals surface area contributed by atoms with Crippen LogP contribution < -0.4 is 0 Å². The predicted molar refractivity (Wildman–Crippen MR) is 67.7 cm³/mol. The van der Waals surface area contributed by atoms with E-state index < -0.39 is 0 Å². The molecule has 1 unspecified atom stereocenters. The second kappa shape index (κ2) is 4.11. The van der Waals surface area contributed by atoms with Crippen molar-refractivity contribution in [2.75, 3.05) is 6.54 Å². The van der Waals surface area contributed by atoms with E-state index in [1.165, 1.54) is 17.5 Å². The fourth-order valence-electron chi connectivity index (χ4n) is 2.69. The van der Waals surface area contributed by atoms with Crippen LogP contribution >= 0.6 is 0 Å². The molecule has 0 saturated heterocycles. The van der Waals surface area contributed by atoms with E-state index in [2.05, 4.69) is 45.9 Å². The van der Waals surface area contributed by atoms with Gasteiger partial charge in [-0.15, -0.1) is 5.10 Å². The number of hydrogen-bond acceptors (Lipinski definition) is 3. The van der Waals surface area contributed by atoms with Crippen molar-refractivity contribution in [2.24, 2.45) is 0 Å². The van der Waals surface area contributed by atoms with Crippen LogP contribution in [0.15, 0.2) is 18.2 Å². The van der Waals surface area contributed by atoms with Crippen molar-refractivity contribution in [1.82, 2.24) is 19.9 Å². The third-order valence-corrected chi connectivity index (χ3v) is 3.56. The highest BCUT2D eigenvalue weighted by molar-refractivity contribution is 5.78. The molecule has 3 rings (SSSR count). The van der Waals surface area contributed by atoms with Gasteiger partial charge in [-0.25, -0.2) is 4.68 Å². The Morgan fingerprint density at radius 2 is 2.29 bits per heavy atom. The van der Waals surface area contributed by atoms with E-state index in [0.29, 0.717) is 6.04 Å². The van der Waals surface area contributed by atoms with E-state index >= 15 is 0 Å². The molecule has 2 heterocycles. The Kier molecular flexibility index (Phi) is 2.59. The monoisotopic (exact) mass is 230 g/mol. The smallest absolute Gasteiger partial charge is 0.113 e. The molecule has 1 aliphatic heterocycles. The van der Waals surface area contributed by atoms with Crippen molar-refractivity contribution >= 4 is 11.0 Å². The first-order chi connectivity index (χ1) is 8.29. The quantitative estimate of drug-likeness (QED) is 0.791. The number of hydrogen-bond donors (Lipinski definition) is 0. The molecule has 0 saturated carbocycles. The third kappa shape index (κ3) is 1.72. The molecule has 1 aromatic carbocycles. The average Bonchev–Trinajstić information content (AvgIpc) is 2.66. The number of benzene rings is 1. The Labute approximate surface area is 101 Å². The number of aromatic nitrogens is 3. The summed E-state index contributed by atoms with van der Waals surface area (Å²) in [6, 6.07) is 6.84. The summed E-state index contributed by atoms with van der Waals surface area (Å²) in [5.41, 5.74) is 3.59. The van der Waals surface area contributed by atoms with Crippen LogP contribution in [0.2, 0.25) is 0 Å². The zero-order valence-corrected chi connectivity index (χ0v) is 10.4. The molecule has 0 bridgehead atoms. The van der Waals surface area contributed by atoms with E-state index in [1.54, 1.807) is 0 Å². The highest BCUT2D eigenvalue weighted by Crippen LogP contribution is 2.23. The van der Waals surface area contributed by atoms with Crippen molar-refractivity contribution in [3.05, 3.63) is 23.8 Å². The summed E-state index contributed by atoms with van der Waals surface area (Å²) in [4.78, 5) is 2.53. The molecule has 4 nitrogen and oxygen atoms in total. The number of rotatable bonds is 2. The first kappa shape index (κ1) is 10.7. The molecule has 0 amide bonds. The van der Waals surface area contributed by atoms with Crippen LogP contribution in [-0.2, 0) is 13.1 Å². The van der Waals surface area contributed by atoms with Gasteiger partial charge in [0.15, 0.2) is 0 Å². The van der Waals surface area contributed by atoms with Gasteiger partial charge in [0.25, 0.3) is 0 Å². The van der Waals surface area contributed by atoms with Gasteiger partial charge in [-0.05, 0) is 31.5 Å². The zero-order chi connectivity index (χ0) is 11.8. The minimum atomic E-state index is 0.521. The van der Waals surface area contributed by atoms with Crippen molar-refractivity contribution in [3.63, 3.8) is 0 Å². The minimum absolute atomic E-state index is 0.521. The molecule has 0 spiro atoms. The van der Waals surface area contributed by atoms with Crippen molar-refractivity contribution in [3.8, 4) is 0 Å². The van der Waals surface area contributed by atoms with Gasteiger partial charge in [0, 0.05) is 12.6 Å². The molecule has 0 fully saturated rings. The summed E-state index contributed by atoms with van der Waals surface area (Å²) >= 11 is 0. The Morgan fingerprint density at radius 1 is 1.41 bits per heavy atom. The molecule has 0 N–H and O–H groups in total. The molecule has 1 aliphatic rings. The van der Waals surface area contributed by atoms with Crippen molar-refractivity contribution in [1.29, 1.82) is 0 Å². The topological polar surface area (TPSA) is 34.0 Å². The van der Waals surface area contributed by atoms with E-state index in [4.69, 9.17) is 0 Å². The zero-order valence-electron chi connectivity index (χ0n) is 10.4. The highest BCUT2D eigenvalue weighted by Gasteiger charge is 2.22. The van der Waals surface area contributed by atoms with Crippen LogP contribution in [0, 0.1) is 0 Å². The molecule has 1 aromatic heterocycles. The lowest BCUT2D eigenvalue weighted by Crippen LogP contribution is -2.34. The molecule has 2 aromatic rings. The second-order valence-corrected chi connectivity index (χ2v) is 4.88. The largest absolute Gasteiger partial charge is 0.294 e. The molecule has 1 atom stereocenters. The van der Waals surface area contributed by atoms with Crippen LogP contribution in [0.1, 0.15) is 25.8 Å². The summed E-state index contributed by atoms with van der Waals surface area (Å²) in [7, 11) is 0. The standard InChI is InChI=1S/C13H18N4/c1-3-7-16-9-11-5-4-6-12-13(11)17(15-14-12)8-10(16)2/h4-6,10H,3,7-9H2,1-2H3. The summed E-state index contributed by atoms with van der Waals surface area (Å²) in [5.74, 6) is 0. The summed E-state index contributed by atoms with van der Waals surface area (Å²) in [6.45, 7) is 7.61. The molecule has 17 heavy (non-hydrogen) atoms. The fourth-order valence-corrected chi connectivity index (χ4v) is 2.69. The van der Waals surface area contributed by atoms with Gasteiger partial charge in [-0.1, -0.05) is 24.3 Å². The van der Waals surface area contributed by atoms with Gasteiger partial charge in [0.05, 0.1) is 12.1 Å². The lowest BCUT2D eigenvalue weighted by molar-refractivity contribution is 0.186. The van der Waals surface area contributed by atoms with Gasteiger partial charge in [-0.2, -0.15) is 0 Å². The maximum atomic E-state index is 4.27. The highest BCUT2D eigenvalue weighted by atomic mass is 15.4. The van der Waals surface area contributed by atoms with Crippen LogP contribution in [-0.4, -0.2) is 32.5 Å². The first-order valence-electron chi connectivity index (χ1n) is 6.34. The molecule has 4 heteroatoms. The van der Waals surface area contributed by atoms with Crippen LogP contribution in [0.5, 0.6) is 0 Å². The minimum Gasteiger partial charge on any atom is -0.294 e. The third-order valence-electron chi connectivity index (χ3n) is 3.56. The normalized spacial score (nSPS) is 20.7. The van der Waals surface area contributed by atoms with Gasteiger partial charge in [-0.3, -0.25) is 4.90 Å². The predicted octanol–water partition coefficient (Wildman–Crippen LogP) is 2.05. The van der Waals surface area contributed by atoms with E-state index in [0.717, 1.165) is 25.2 Å². The van der Waals surface area contributed by atoms with Gasteiger partial charge in [0.1, 0.15) is 5.52 Å². The lowest BCUT2D eigenvalue weighted by Gasteiger charge is -2.26. The van der Waals surface area contributed by atoms with Crippen LogP contribution in [0.25, 0.3) is 11.0 Å². The Morgan fingerprint density at radius 3 is 3.12 bits per heavy atom. The summed E-state index contributed by atoms with van der Waals surface area (Å²) in [6.07, 6.45) is 1.20. The van der Waals surface area contributed by atoms with Gasteiger partial charge < -0.3 is 0 Å². The van der Waals surface area contributed by atoms with Crippen molar-refractivity contribution < 1.29 is 0 Å². The maximum Gasteiger partial charge on any atom is 0.113 e. The Balaban J connectivity index is 2.08. The van der Waals surface area contributed by atoms with Crippen LogP contribution in [0.3, 0.4) is 0 Å². The van der Waals surface area contributed by atoms with E-state index in [1.807, 2.05) is 6.07 Å². The molecular weight excluding hydrogens is 212 g/mol. The first-order valence-corrected chi connectivity index (χ1v) is 6.34. The van der Waals surface area contributed by atoms with Crippen molar-refractivity contribution in [2.45, 2.75) is 39.4 Å². The maximum absolute atomic E-state index is 4.27. The molecule has 0 radical (unpaired) electrons. The second-order valence-electron chi connectivity index (χ2n) is 4.88. The number of nitrogens with zero attached hydrogens (tertiary/aromatic N) is 4. The van der Waals surface area contributed by atoms with Crippen LogP contribution in [0.4, 0.5) is 0 Å². The van der Waals surface area contributed by atoms with Gasteiger partial charge in [0.2, 0.25) is 0 Å². The van der Waals surface area contributed by atoms with E-state index in [9.17, 15) is 0 Å². The van der Waals surface area contributed by atoms with Gasteiger partial charge >= 0.3 is 0 Å². The SMILES string of the molecule is CCCN1Cc2cccc3nnn(c23)CC1C. The Hall–Kier alpha value is -1.42. The average molecular weight is 230 g/mol. The lowest BCUT2D eigenvalue weighted by atomic mass is 10.1. The summed E-state index contributed by atoms with van der Waals surface area (Å²) in [5, 5.41) is 8.50. The summed E-state index contributed by atoms with van der Waals surface area (Å²) < 4.78 is 2.06. The molecule has 0 aliphatic carbocycles.